The van der Waals surface area contributed by atoms with E-state index in [1.165, 1.54) is 0 Å². The van der Waals surface area contributed by atoms with E-state index in [-0.39, 0.29) is 0 Å². The number of carbonyl (C=O) groups excluding carboxylic acids is 3. The average molecular weight is 360 g/mol. The molecule has 0 aromatic heterocycles. The monoisotopic (exact) mass is 360 g/mol. The lowest BCUT2D eigenvalue weighted by atomic mass is 10.1. The van der Waals surface area contributed by atoms with Crippen LogP contribution in [0, 0.1) is 0 Å². The van der Waals surface area contributed by atoms with Crippen LogP contribution in [0.1, 0.15) is 59.3 Å². The molecule has 0 aromatic carbocycles. The molecule has 0 aliphatic rings. The van der Waals surface area contributed by atoms with E-state index in [2.05, 4.69) is 10.6 Å². The quantitative estimate of drug-likeness (QED) is 0.297. The first kappa shape index (κ1) is 23.0. The van der Waals surface area contributed by atoms with E-state index < -0.39 is 24.2 Å². The van der Waals surface area contributed by atoms with Crippen LogP contribution in [0.3, 0.4) is 0 Å². The standard InChI is InChI=1S/C17H32N2O6/c1-4-11-23-15(20)14(19-17(22)25-13-6-3)9-7-8-10-18-16(21)24-12-5-2/h14H,4-13H2,1-3H3,(H,18,21)(H,19,22)/t14-/m0/s1. The predicted molar refractivity (Wildman–Crippen MR) is 93.3 cm³/mol. The molecule has 0 bridgehead atoms. The Balaban J connectivity index is 4.18. The fourth-order valence-corrected chi connectivity index (χ4v) is 1.84. The van der Waals surface area contributed by atoms with Crippen molar-refractivity contribution in [3.05, 3.63) is 0 Å². The molecule has 8 nitrogen and oxygen atoms in total. The third kappa shape index (κ3) is 13.0. The van der Waals surface area contributed by atoms with Gasteiger partial charge < -0.3 is 24.8 Å². The molecule has 0 fully saturated rings. The Labute approximate surface area is 150 Å². The van der Waals surface area contributed by atoms with Gasteiger partial charge in [0.05, 0.1) is 19.8 Å². The highest BCUT2D eigenvalue weighted by molar-refractivity contribution is 5.81. The normalized spacial score (nSPS) is 11.3. The molecule has 0 saturated carbocycles. The average Bonchev–Trinajstić information content (AvgIpc) is 2.61. The van der Waals surface area contributed by atoms with Gasteiger partial charge in [0.2, 0.25) is 0 Å². The zero-order chi connectivity index (χ0) is 18.9. The molecular weight excluding hydrogens is 328 g/mol. The van der Waals surface area contributed by atoms with Gasteiger partial charge in [-0.3, -0.25) is 0 Å². The van der Waals surface area contributed by atoms with Gasteiger partial charge in [-0.05, 0) is 38.5 Å². The summed E-state index contributed by atoms with van der Waals surface area (Å²) >= 11 is 0. The van der Waals surface area contributed by atoms with Gasteiger partial charge in [-0.25, -0.2) is 14.4 Å². The zero-order valence-electron chi connectivity index (χ0n) is 15.6. The van der Waals surface area contributed by atoms with Gasteiger partial charge in [0, 0.05) is 6.54 Å². The molecule has 8 heteroatoms. The maximum Gasteiger partial charge on any atom is 0.407 e. The van der Waals surface area contributed by atoms with Gasteiger partial charge in [-0.2, -0.15) is 0 Å². The van der Waals surface area contributed by atoms with Crippen molar-refractivity contribution in [1.82, 2.24) is 10.6 Å². The summed E-state index contributed by atoms with van der Waals surface area (Å²) < 4.78 is 14.9. The Morgan fingerprint density at radius 1 is 0.800 bits per heavy atom. The van der Waals surface area contributed by atoms with E-state index in [1.54, 1.807) is 0 Å². The fourth-order valence-electron chi connectivity index (χ4n) is 1.84. The molecule has 0 unspecified atom stereocenters. The molecule has 0 saturated heterocycles. The van der Waals surface area contributed by atoms with Crippen LogP contribution in [0.15, 0.2) is 0 Å². The van der Waals surface area contributed by atoms with Gasteiger partial charge in [-0.15, -0.1) is 0 Å². The minimum absolute atomic E-state index is 0.298. The molecule has 2 N–H and O–H groups in total. The maximum absolute atomic E-state index is 12.0. The molecule has 0 radical (unpaired) electrons. The van der Waals surface area contributed by atoms with Crippen LogP contribution in [-0.4, -0.2) is 50.6 Å². The topological polar surface area (TPSA) is 103 Å². The zero-order valence-corrected chi connectivity index (χ0v) is 15.6. The molecular formula is C17H32N2O6. The van der Waals surface area contributed by atoms with Crippen LogP contribution in [0.5, 0.6) is 0 Å². The number of alkyl carbamates (subject to hydrolysis) is 2. The SMILES string of the molecule is CCCOC(=O)NCCCC[C@H](NC(=O)OCCC)C(=O)OCCC. The lowest BCUT2D eigenvalue weighted by Crippen LogP contribution is -2.42. The Kier molecular flexibility index (Phi) is 14.3. The van der Waals surface area contributed by atoms with Crippen molar-refractivity contribution in [3.63, 3.8) is 0 Å². The number of hydrogen-bond acceptors (Lipinski definition) is 6. The number of ether oxygens (including phenoxy) is 3. The number of amides is 2. The number of nitrogens with one attached hydrogen (secondary N) is 2. The molecule has 0 rings (SSSR count). The molecule has 0 aromatic rings. The van der Waals surface area contributed by atoms with Gasteiger partial charge >= 0.3 is 18.2 Å². The predicted octanol–water partition coefficient (Wildman–Crippen LogP) is 2.75. The van der Waals surface area contributed by atoms with Crippen LogP contribution in [0.25, 0.3) is 0 Å². The number of esters is 1. The van der Waals surface area contributed by atoms with Crippen LogP contribution >= 0.6 is 0 Å². The minimum atomic E-state index is -0.747. The Bertz CT molecular complexity index is 389. The van der Waals surface area contributed by atoms with Crippen molar-refractivity contribution in [2.75, 3.05) is 26.4 Å². The molecule has 2 amide bonds. The highest BCUT2D eigenvalue weighted by atomic mass is 16.6. The van der Waals surface area contributed by atoms with Crippen LogP contribution in [0.4, 0.5) is 9.59 Å². The lowest BCUT2D eigenvalue weighted by Gasteiger charge is -2.17. The number of unbranched alkanes of at least 4 members (excludes halogenated alkanes) is 1. The Morgan fingerprint density at radius 3 is 1.96 bits per heavy atom. The first-order valence-corrected chi connectivity index (χ1v) is 9.05. The van der Waals surface area contributed by atoms with E-state index >= 15 is 0 Å². The van der Waals surface area contributed by atoms with E-state index in [0.717, 1.165) is 6.42 Å². The summed E-state index contributed by atoms with van der Waals surface area (Å²) in [5, 5.41) is 5.17. The third-order valence-corrected chi connectivity index (χ3v) is 3.09. The minimum Gasteiger partial charge on any atom is -0.464 e. The number of hydrogen-bond donors (Lipinski definition) is 2. The second-order valence-corrected chi connectivity index (χ2v) is 5.56. The van der Waals surface area contributed by atoms with Crippen LogP contribution in [0.2, 0.25) is 0 Å². The molecule has 0 aliphatic heterocycles. The summed E-state index contributed by atoms with van der Waals surface area (Å²) in [4.78, 5) is 35.0. The Hall–Kier alpha value is -1.99. The molecule has 146 valence electrons. The highest BCUT2D eigenvalue weighted by Crippen LogP contribution is 2.04. The smallest absolute Gasteiger partial charge is 0.407 e. The summed E-state index contributed by atoms with van der Waals surface area (Å²) in [6.07, 6.45) is 2.83. The first-order valence-electron chi connectivity index (χ1n) is 9.05. The maximum atomic E-state index is 12.0. The fraction of sp³-hybridized carbons (Fsp3) is 0.824. The molecule has 0 spiro atoms. The van der Waals surface area contributed by atoms with E-state index in [0.29, 0.717) is 58.5 Å². The van der Waals surface area contributed by atoms with Crippen molar-refractivity contribution in [2.45, 2.75) is 65.3 Å². The second kappa shape index (κ2) is 15.5. The summed E-state index contributed by atoms with van der Waals surface area (Å²) in [6.45, 7) is 7.15. The first-order chi connectivity index (χ1) is 12.0. The molecule has 0 heterocycles. The van der Waals surface area contributed by atoms with Gasteiger partial charge in [0.1, 0.15) is 6.04 Å². The van der Waals surface area contributed by atoms with E-state index in [9.17, 15) is 14.4 Å². The number of rotatable bonds is 13. The summed E-state index contributed by atoms with van der Waals surface area (Å²) in [5.74, 6) is -0.467. The van der Waals surface area contributed by atoms with Gasteiger partial charge in [-0.1, -0.05) is 20.8 Å². The van der Waals surface area contributed by atoms with Gasteiger partial charge in [0.25, 0.3) is 0 Å². The van der Waals surface area contributed by atoms with Crippen molar-refractivity contribution in [2.24, 2.45) is 0 Å². The van der Waals surface area contributed by atoms with Crippen LogP contribution in [-0.2, 0) is 19.0 Å². The van der Waals surface area contributed by atoms with Crippen molar-refractivity contribution < 1.29 is 28.6 Å². The summed E-state index contributed by atoms with van der Waals surface area (Å²) in [6, 6.07) is -0.747. The van der Waals surface area contributed by atoms with Crippen molar-refractivity contribution >= 4 is 18.2 Å². The van der Waals surface area contributed by atoms with Crippen LogP contribution < -0.4 is 10.6 Å². The number of carbonyl (C=O) groups is 3. The lowest BCUT2D eigenvalue weighted by molar-refractivity contribution is -0.146. The third-order valence-electron chi connectivity index (χ3n) is 3.09. The van der Waals surface area contributed by atoms with E-state index in [1.807, 2.05) is 20.8 Å². The van der Waals surface area contributed by atoms with E-state index in [4.69, 9.17) is 14.2 Å². The molecule has 1 atom stereocenters. The Morgan fingerprint density at radius 2 is 1.36 bits per heavy atom. The van der Waals surface area contributed by atoms with Crippen molar-refractivity contribution in [1.29, 1.82) is 0 Å². The summed E-state index contributed by atoms with van der Waals surface area (Å²) in [5.41, 5.74) is 0. The second-order valence-electron chi connectivity index (χ2n) is 5.56. The van der Waals surface area contributed by atoms with Crippen molar-refractivity contribution in [3.8, 4) is 0 Å². The molecule has 0 aliphatic carbocycles. The molecule has 25 heavy (non-hydrogen) atoms. The highest BCUT2D eigenvalue weighted by Gasteiger charge is 2.22. The van der Waals surface area contributed by atoms with Gasteiger partial charge in [0.15, 0.2) is 0 Å². The largest absolute Gasteiger partial charge is 0.464 e. The summed E-state index contributed by atoms with van der Waals surface area (Å²) in [7, 11) is 0.